The quantitative estimate of drug-likeness (QED) is 0.719. The summed E-state index contributed by atoms with van der Waals surface area (Å²) in [6.45, 7) is 0. The van der Waals surface area contributed by atoms with E-state index in [1.54, 1.807) is 6.07 Å². The lowest BCUT2D eigenvalue weighted by Crippen LogP contribution is -1.93. The fourth-order valence-electron chi connectivity index (χ4n) is 1.80. The van der Waals surface area contributed by atoms with Gasteiger partial charge in [0.25, 0.3) is 0 Å². The molecule has 0 saturated carbocycles. The van der Waals surface area contributed by atoms with Crippen LogP contribution in [0.15, 0.2) is 23.6 Å². The second-order valence-electron chi connectivity index (χ2n) is 3.67. The number of imidazole rings is 1. The average molecular weight is 248 g/mol. The van der Waals surface area contributed by atoms with Crippen LogP contribution in [-0.2, 0) is 7.05 Å². The van der Waals surface area contributed by atoms with E-state index in [9.17, 15) is 4.39 Å². The Hall–Kier alpha value is -1.95. The van der Waals surface area contributed by atoms with Gasteiger partial charge in [-0.25, -0.2) is 14.4 Å². The number of para-hydroxylation sites is 1. The number of hydrogen-bond acceptors (Lipinski definition) is 4. The van der Waals surface area contributed by atoms with E-state index in [1.807, 2.05) is 23.1 Å². The van der Waals surface area contributed by atoms with Gasteiger partial charge in [-0.3, -0.25) is 0 Å². The second kappa shape index (κ2) is 3.53. The molecular formula is C11H9FN4S. The van der Waals surface area contributed by atoms with Crippen LogP contribution in [0.1, 0.15) is 0 Å². The van der Waals surface area contributed by atoms with Crippen LogP contribution in [0.4, 0.5) is 9.52 Å². The summed E-state index contributed by atoms with van der Waals surface area (Å²) in [4.78, 5) is 8.43. The van der Waals surface area contributed by atoms with Gasteiger partial charge >= 0.3 is 0 Å². The van der Waals surface area contributed by atoms with Crippen molar-refractivity contribution in [1.82, 2.24) is 14.5 Å². The molecule has 0 aliphatic carbocycles. The molecule has 17 heavy (non-hydrogen) atoms. The average Bonchev–Trinajstić information content (AvgIpc) is 2.85. The molecule has 0 saturated heterocycles. The standard InChI is InChI=1S/C11H9FN4S/c1-16-8-4-2-3-6(12)9(8)15-10(16)7-5-17-11(13)14-7/h2-5H,1H3,(H2,13,14). The Morgan fingerprint density at radius 1 is 1.35 bits per heavy atom. The van der Waals surface area contributed by atoms with Crippen LogP contribution in [0.3, 0.4) is 0 Å². The van der Waals surface area contributed by atoms with E-state index in [4.69, 9.17) is 5.73 Å². The number of nitrogens with zero attached hydrogens (tertiary/aromatic N) is 3. The molecule has 0 aliphatic rings. The summed E-state index contributed by atoms with van der Waals surface area (Å²) in [7, 11) is 1.83. The first-order chi connectivity index (χ1) is 8.16. The van der Waals surface area contributed by atoms with Crippen molar-refractivity contribution in [3.63, 3.8) is 0 Å². The third-order valence-corrected chi connectivity index (χ3v) is 3.29. The highest BCUT2D eigenvalue weighted by molar-refractivity contribution is 7.13. The summed E-state index contributed by atoms with van der Waals surface area (Å²) < 4.78 is 15.4. The minimum absolute atomic E-state index is 0.326. The minimum Gasteiger partial charge on any atom is -0.375 e. The Bertz CT molecular complexity index is 701. The van der Waals surface area contributed by atoms with Crippen LogP contribution in [0.5, 0.6) is 0 Å². The lowest BCUT2D eigenvalue weighted by molar-refractivity contribution is 0.637. The summed E-state index contributed by atoms with van der Waals surface area (Å²) in [5, 5.41) is 2.29. The molecule has 86 valence electrons. The molecule has 4 nitrogen and oxygen atoms in total. The van der Waals surface area contributed by atoms with Gasteiger partial charge in [-0.05, 0) is 12.1 Å². The summed E-state index contributed by atoms with van der Waals surface area (Å²) in [5.41, 5.74) is 7.36. The molecule has 0 spiro atoms. The number of nitrogen functional groups attached to an aromatic ring is 1. The van der Waals surface area contributed by atoms with Crippen LogP contribution < -0.4 is 5.73 Å². The van der Waals surface area contributed by atoms with Crippen molar-refractivity contribution in [2.75, 3.05) is 5.73 Å². The van der Waals surface area contributed by atoms with Gasteiger partial charge in [-0.2, -0.15) is 0 Å². The molecule has 2 N–H and O–H groups in total. The largest absolute Gasteiger partial charge is 0.375 e. The number of benzene rings is 1. The van der Waals surface area contributed by atoms with E-state index in [-0.39, 0.29) is 5.82 Å². The Kier molecular flexibility index (Phi) is 2.12. The normalized spacial score (nSPS) is 11.2. The highest BCUT2D eigenvalue weighted by Gasteiger charge is 2.14. The van der Waals surface area contributed by atoms with Crippen molar-refractivity contribution in [3.05, 3.63) is 29.4 Å². The molecule has 0 amide bonds. The molecule has 1 aromatic carbocycles. The van der Waals surface area contributed by atoms with Crippen LogP contribution in [0.25, 0.3) is 22.6 Å². The van der Waals surface area contributed by atoms with Gasteiger partial charge in [0.1, 0.15) is 11.2 Å². The molecule has 2 heterocycles. The third kappa shape index (κ3) is 1.49. The predicted molar refractivity (Wildman–Crippen MR) is 66.2 cm³/mol. The number of nitrogens with two attached hydrogens (primary N) is 1. The second-order valence-corrected chi connectivity index (χ2v) is 4.56. The van der Waals surface area contributed by atoms with Gasteiger partial charge in [0, 0.05) is 12.4 Å². The van der Waals surface area contributed by atoms with Crippen LogP contribution in [-0.4, -0.2) is 14.5 Å². The van der Waals surface area contributed by atoms with Gasteiger partial charge in [-0.15, -0.1) is 11.3 Å². The van der Waals surface area contributed by atoms with E-state index < -0.39 is 0 Å². The number of halogens is 1. The lowest BCUT2D eigenvalue weighted by atomic mass is 10.3. The zero-order valence-electron chi connectivity index (χ0n) is 9.01. The summed E-state index contributed by atoms with van der Waals surface area (Å²) in [5.74, 6) is 0.297. The van der Waals surface area contributed by atoms with Gasteiger partial charge < -0.3 is 10.3 Å². The minimum atomic E-state index is -0.326. The molecule has 0 aliphatic heterocycles. The maximum absolute atomic E-state index is 13.6. The molecule has 6 heteroatoms. The number of fused-ring (bicyclic) bond motifs is 1. The number of aromatic nitrogens is 3. The molecule has 2 aromatic heterocycles. The summed E-state index contributed by atoms with van der Waals surface area (Å²) in [6, 6.07) is 4.89. The highest BCUT2D eigenvalue weighted by Crippen LogP contribution is 2.26. The van der Waals surface area contributed by atoms with Crippen molar-refractivity contribution in [3.8, 4) is 11.5 Å². The molecule has 3 aromatic rings. The number of thiazole rings is 1. The first-order valence-corrected chi connectivity index (χ1v) is 5.87. The van der Waals surface area contributed by atoms with Crippen molar-refractivity contribution in [1.29, 1.82) is 0 Å². The van der Waals surface area contributed by atoms with E-state index >= 15 is 0 Å². The zero-order chi connectivity index (χ0) is 12.0. The highest BCUT2D eigenvalue weighted by atomic mass is 32.1. The zero-order valence-corrected chi connectivity index (χ0v) is 9.83. The van der Waals surface area contributed by atoms with E-state index in [0.29, 0.717) is 22.2 Å². The Labute approximate surface area is 101 Å². The summed E-state index contributed by atoms with van der Waals surface area (Å²) >= 11 is 1.34. The SMILES string of the molecule is Cn1c(-c2csc(N)n2)nc2c(F)cccc21. The number of rotatable bonds is 1. The molecule has 3 rings (SSSR count). The Morgan fingerprint density at radius 2 is 2.18 bits per heavy atom. The fraction of sp³-hybridized carbons (Fsp3) is 0.0909. The monoisotopic (exact) mass is 248 g/mol. The topological polar surface area (TPSA) is 56.7 Å². The van der Waals surface area contributed by atoms with Gasteiger partial charge in [0.2, 0.25) is 0 Å². The van der Waals surface area contributed by atoms with Crippen molar-refractivity contribution >= 4 is 27.5 Å². The molecule has 0 unspecified atom stereocenters. The van der Waals surface area contributed by atoms with Crippen molar-refractivity contribution in [2.45, 2.75) is 0 Å². The molecule has 0 radical (unpaired) electrons. The van der Waals surface area contributed by atoms with Crippen LogP contribution in [0.2, 0.25) is 0 Å². The molecule has 0 bridgehead atoms. The van der Waals surface area contributed by atoms with Gasteiger partial charge in [0.15, 0.2) is 16.8 Å². The lowest BCUT2D eigenvalue weighted by Gasteiger charge is -1.97. The van der Waals surface area contributed by atoms with Crippen molar-refractivity contribution < 1.29 is 4.39 Å². The number of hydrogen-bond donors (Lipinski definition) is 1. The van der Waals surface area contributed by atoms with E-state index in [1.165, 1.54) is 17.4 Å². The number of anilines is 1. The Morgan fingerprint density at radius 3 is 2.82 bits per heavy atom. The van der Waals surface area contributed by atoms with Crippen molar-refractivity contribution in [2.24, 2.45) is 7.05 Å². The first-order valence-electron chi connectivity index (χ1n) is 4.99. The van der Waals surface area contributed by atoms with Gasteiger partial charge in [-0.1, -0.05) is 6.07 Å². The van der Waals surface area contributed by atoms with Crippen LogP contribution >= 0.6 is 11.3 Å². The maximum Gasteiger partial charge on any atom is 0.180 e. The molecule has 0 fully saturated rings. The fourth-order valence-corrected chi connectivity index (χ4v) is 2.34. The maximum atomic E-state index is 13.6. The predicted octanol–water partition coefficient (Wildman–Crippen LogP) is 2.42. The summed E-state index contributed by atoms with van der Waals surface area (Å²) in [6.07, 6.45) is 0. The first kappa shape index (κ1) is 10.2. The van der Waals surface area contributed by atoms with E-state index in [2.05, 4.69) is 9.97 Å². The molecule has 0 atom stereocenters. The molecular weight excluding hydrogens is 239 g/mol. The Balaban J connectivity index is 2.31. The third-order valence-electron chi connectivity index (χ3n) is 2.61. The van der Waals surface area contributed by atoms with Crippen LogP contribution in [0, 0.1) is 5.82 Å². The number of aryl methyl sites for hydroxylation is 1. The van der Waals surface area contributed by atoms with Gasteiger partial charge in [0.05, 0.1) is 5.52 Å². The smallest absolute Gasteiger partial charge is 0.180 e. The van der Waals surface area contributed by atoms with E-state index in [0.717, 1.165) is 5.52 Å².